The molecule has 7 heteroatoms. The maximum absolute atomic E-state index is 12.0. The number of amides is 2. The molecule has 0 radical (unpaired) electrons. The molecule has 1 aromatic heterocycles. The molecule has 4 rings (SSSR count). The lowest BCUT2D eigenvalue weighted by molar-refractivity contribution is -0.135. The quantitative estimate of drug-likeness (QED) is 0.822. The van der Waals surface area contributed by atoms with E-state index in [9.17, 15) is 9.59 Å². The predicted octanol–water partition coefficient (Wildman–Crippen LogP) is 2.14. The van der Waals surface area contributed by atoms with Crippen LogP contribution < -0.4 is 10.6 Å². The van der Waals surface area contributed by atoms with Crippen molar-refractivity contribution in [2.75, 3.05) is 13.2 Å². The number of nitrogens with zero attached hydrogens (tertiary/aromatic N) is 1. The zero-order chi connectivity index (χ0) is 19.2. The molecule has 2 aliphatic carbocycles. The van der Waals surface area contributed by atoms with Crippen LogP contribution in [-0.4, -0.2) is 42.3 Å². The smallest absolute Gasteiger partial charge is 0.273 e. The van der Waals surface area contributed by atoms with Crippen molar-refractivity contribution in [3.8, 4) is 0 Å². The van der Waals surface area contributed by atoms with Crippen molar-refractivity contribution >= 4 is 11.8 Å². The topological polar surface area (TPSA) is 93.5 Å². The second-order valence-electron chi connectivity index (χ2n) is 9.02. The van der Waals surface area contributed by atoms with E-state index >= 15 is 0 Å². The van der Waals surface area contributed by atoms with Gasteiger partial charge in [-0.2, -0.15) is 0 Å². The Morgan fingerprint density at radius 1 is 1.37 bits per heavy atom. The average molecular weight is 375 g/mol. The number of ether oxygens (including phenoxy) is 1. The summed E-state index contributed by atoms with van der Waals surface area (Å²) in [6.07, 6.45) is 5.60. The van der Waals surface area contributed by atoms with E-state index in [0.29, 0.717) is 24.1 Å². The molecule has 2 saturated carbocycles. The first-order valence-corrected chi connectivity index (χ1v) is 9.92. The van der Waals surface area contributed by atoms with E-state index < -0.39 is 0 Å². The highest BCUT2D eigenvalue weighted by molar-refractivity contribution is 5.91. The Kier molecular flexibility index (Phi) is 4.53. The van der Waals surface area contributed by atoms with Gasteiger partial charge in [0.25, 0.3) is 5.91 Å². The highest BCUT2D eigenvalue weighted by Gasteiger charge is 2.68. The number of fused-ring (bicyclic) bond motifs is 1. The zero-order valence-corrected chi connectivity index (χ0v) is 16.3. The summed E-state index contributed by atoms with van der Waals surface area (Å²) < 4.78 is 10.8. The van der Waals surface area contributed by atoms with Gasteiger partial charge in [0.1, 0.15) is 6.26 Å². The lowest BCUT2D eigenvalue weighted by atomic mass is 9.59. The molecule has 1 saturated heterocycles. The number of hydrogen-bond donors (Lipinski definition) is 2. The lowest BCUT2D eigenvalue weighted by Crippen LogP contribution is -2.60. The van der Waals surface area contributed by atoms with Gasteiger partial charge in [0, 0.05) is 32.2 Å². The third kappa shape index (κ3) is 2.96. The summed E-state index contributed by atoms with van der Waals surface area (Å²) in [7, 11) is 0. The van der Waals surface area contributed by atoms with Gasteiger partial charge in [-0.3, -0.25) is 9.59 Å². The van der Waals surface area contributed by atoms with Crippen molar-refractivity contribution in [1.29, 1.82) is 0 Å². The fraction of sp³-hybridized carbons (Fsp3) is 0.750. The summed E-state index contributed by atoms with van der Waals surface area (Å²) in [6.45, 7) is 7.47. The van der Waals surface area contributed by atoms with E-state index in [1.807, 2.05) is 0 Å². The lowest BCUT2D eigenvalue weighted by Gasteiger charge is -2.53. The van der Waals surface area contributed by atoms with E-state index in [0.717, 1.165) is 25.9 Å². The Morgan fingerprint density at radius 3 is 2.89 bits per heavy atom. The summed E-state index contributed by atoms with van der Waals surface area (Å²) in [5, 5.41) is 9.85. The molecule has 1 aromatic rings. The van der Waals surface area contributed by atoms with E-state index in [-0.39, 0.29) is 34.8 Å². The van der Waals surface area contributed by atoms with Gasteiger partial charge in [0.15, 0.2) is 5.69 Å². The van der Waals surface area contributed by atoms with Crippen LogP contribution in [0.4, 0.5) is 0 Å². The first kappa shape index (κ1) is 18.5. The molecule has 2 amide bonds. The fourth-order valence-electron chi connectivity index (χ4n) is 6.15. The largest absolute Gasteiger partial charge is 0.378 e. The molecular formula is C20H29N3O4. The predicted molar refractivity (Wildman–Crippen MR) is 97.8 cm³/mol. The molecule has 1 unspecified atom stereocenters. The molecule has 2 bridgehead atoms. The Labute approximate surface area is 159 Å². The van der Waals surface area contributed by atoms with Crippen LogP contribution in [0.2, 0.25) is 0 Å². The molecular weight excluding hydrogens is 346 g/mol. The molecule has 1 aliphatic heterocycles. The number of carbonyl (C=O) groups excluding carboxylic acids is 2. The van der Waals surface area contributed by atoms with Crippen LogP contribution in [0.1, 0.15) is 56.9 Å². The molecule has 3 fully saturated rings. The van der Waals surface area contributed by atoms with Gasteiger partial charge in [0.05, 0.1) is 6.10 Å². The molecule has 27 heavy (non-hydrogen) atoms. The fourth-order valence-corrected chi connectivity index (χ4v) is 6.15. The van der Waals surface area contributed by atoms with Gasteiger partial charge >= 0.3 is 0 Å². The molecule has 1 spiro atoms. The van der Waals surface area contributed by atoms with Crippen LogP contribution in [-0.2, 0) is 9.53 Å². The van der Waals surface area contributed by atoms with Crippen molar-refractivity contribution < 1.29 is 18.8 Å². The van der Waals surface area contributed by atoms with Gasteiger partial charge in [-0.25, -0.2) is 0 Å². The third-order valence-electron chi connectivity index (χ3n) is 7.36. The number of carbonyl (C=O) groups is 2. The Bertz CT molecular complexity index is 717. The molecule has 5 atom stereocenters. The zero-order valence-electron chi connectivity index (χ0n) is 16.3. The van der Waals surface area contributed by atoms with Crippen molar-refractivity contribution in [1.82, 2.24) is 15.8 Å². The molecule has 148 valence electrons. The van der Waals surface area contributed by atoms with Gasteiger partial charge in [0.2, 0.25) is 5.91 Å². The van der Waals surface area contributed by atoms with Crippen LogP contribution in [0.25, 0.3) is 0 Å². The second-order valence-corrected chi connectivity index (χ2v) is 9.02. The van der Waals surface area contributed by atoms with Crippen molar-refractivity contribution in [2.24, 2.45) is 22.7 Å². The van der Waals surface area contributed by atoms with Crippen molar-refractivity contribution in [2.45, 2.75) is 58.6 Å². The summed E-state index contributed by atoms with van der Waals surface area (Å²) in [5.74, 6) is 0.870. The van der Waals surface area contributed by atoms with Gasteiger partial charge < -0.3 is 19.9 Å². The minimum atomic E-state index is -0.223. The maximum atomic E-state index is 12.0. The summed E-state index contributed by atoms with van der Waals surface area (Å²) in [5.41, 5.74) is 0.535. The summed E-state index contributed by atoms with van der Waals surface area (Å²) in [4.78, 5) is 23.9. The van der Waals surface area contributed by atoms with Gasteiger partial charge in [-0.15, -0.1) is 0 Å². The van der Waals surface area contributed by atoms with Gasteiger partial charge in [-0.1, -0.05) is 19.0 Å². The van der Waals surface area contributed by atoms with Crippen molar-refractivity contribution in [3.63, 3.8) is 0 Å². The van der Waals surface area contributed by atoms with E-state index in [4.69, 9.17) is 9.26 Å². The van der Waals surface area contributed by atoms with Crippen LogP contribution >= 0.6 is 0 Å². The van der Waals surface area contributed by atoms with Crippen LogP contribution in [0, 0.1) is 22.7 Å². The minimum absolute atomic E-state index is 0.0525. The highest BCUT2D eigenvalue weighted by atomic mass is 16.5. The summed E-state index contributed by atoms with van der Waals surface area (Å²) in [6, 6.07) is 1.75. The van der Waals surface area contributed by atoms with Crippen molar-refractivity contribution in [3.05, 3.63) is 18.0 Å². The van der Waals surface area contributed by atoms with Crippen LogP contribution in [0.3, 0.4) is 0 Å². The van der Waals surface area contributed by atoms with Crippen LogP contribution in [0.5, 0.6) is 0 Å². The van der Waals surface area contributed by atoms with Gasteiger partial charge in [-0.05, 0) is 48.3 Å². The molecule has 3 aliphatic rings. The second kappa shape index (κ2) is 6.62. The van der Waals surface area contributed by atoms with E-state index in [2.05, 4.69) is 29.6 Å². The number of aromatic nitrogens is 1. The molecule has 2 N–H and O–H groups in total. The van der Waals surface area contributed by atoms with E-state index in [1.165, 1.54) is 12.7 Å². The molecule has 7 nitrogen and oxygen atoms in total. The number of rotatable bonds is 5. The third-order valence-corrected chi connectivity index (χ3v) is 7.36. The first-order valence-electron chi connectivity index (χ1n) is 9.92. The van der Waals surface area contributed by atoms with E-state index in [1.54, 1.807) is 13.0 Å². The average Bonchev–Trinajstić information content (AvgIpc) is 3.30. The Balaban J connectivity index is 1.43. The summed E-state index contributed by atoms with van der Waals surface area (Å²) >= 11 is 0. The number of nitrogens with one attached hydrogen (secondary N) is 2. The SMILES string of the molecule is CC(=O)N[C@H]1C(C)(C)[C@@H]2C[C@@H]3[C@@H](CCNC(=O)c4ccon4)OCCC31C2. The van der Waals surface area contributed by atoms with Crippen LogP contribution in [0.15, 0.2) is 16.9 Å². The normalized spacial score (nSPS) is 36.3. The minimum Gasteiger partial charge on any atom is -0.378 e. The monoisotopic (exact) mass is 375 g/mol. The molecule has 0 aromatic carbocycles. The first-order chi connectivity index (χ1) is 12.8. The Hall–Kier alpha value is -1.89. The molecule has 2 heterocycles. The Morgan fingerprint density at radius 2 is 2.19 bits per heavy atom. The number of hydrogen-bond acceptors (Lipinski definition) is 5. The standard InChI is InChI=1S/C20H29N3O4/c1-12(24)22-18-19(2,3)13-10-14-16(26-9-6-20(14,18)11-13)4-7-21-17(25)15-5-8-27-23-15/h5,8,13-14,16,18H,4,6-7,9-11H2,1-3H3,(H,21,25)(H,22,24)/t13-,14-,16-,18+,20?/m1/s1. The highest BCUT2D eigenvalue weighted by Crippen LogP contribution is 2.68. The maximum Gasteiger partial charge on any atom is 0.273 e.